The number of carbonyl (C=O) groups excluding carboxylic acids is 1. The molecule has 0 N–H and O–H groups in total. The molecule has 0 radical (unpaired) electrons. The normalized spacial score (nSPS) is 27.5. The van der Waals surface area contributed by atoms with Crippen LogP contribution in [0.15, 0.2) is 24.3 Å². The van der Waals surface area contributed by atoms with Crippen LogP contribution in [0.25, 0.3) is 0 Å². The fourth-order valence-corrected chi connectivity index (χ4v) is 5.46. The van der Waals surface area contributed by atoms with Crippen LogP contribution in [-0.2, 0) is 4.79 Å². The standard InChI is InChI=1S/C27H42O2/c1-3-5-6-7-8-22-11-13-23(14-12-22)24-17-19-26(20-18-24)29-27(28)25-15-9-21(4-2)10-16-25/h17-23,25H,3-16H2,1-2H3. The Kier molecular flexibility index (Phi) is 9.08. The molecule has 162 valence electrons. The zero-order chi connectivity index (χ0) is 20.5. The first-order valence-corrected chi connectivity index (χ1v) is 12.5. The summed E-state index contributed by atoms with van der Waals surface area (Å²) < 4.78 is 5.71. The second-order valence-corrected chi connectivity index (χ2v) is 9.68. The first-order chi connectivity index (χ1) is 14.2. The highest BCUT2D eigenvalue weighted by molar-refractivity contribution is 5.75. The second kappa shape index (κ2) is 11.8. The van der Waals surface area contributed by atoms with Crippen molar-refractivity contribution in [3.63, 3.8) is 0 Å². The number of rotatable bonds is 9. The maximum atomic E-state index is 12.5. The van der Waals surface area contributed by atoms with E-state index in [-0.39, 0.29) is 11.9 Å². The van der Waals surface area contributed by atoms with Gasteiger partial charge in [-0.15, -0.1) is 0 Å². The Morgan fingerprint density at radius 2 is 1.48 bits per heavy atom. The summed E-state index contributed by atoms with van der Waals surface area (Å²) >= 11 is 0. The zero-order valence-electron chi connectivity index (χ0n) is 18.8. The number of benzene rings is 1. The molecule has 0 atom stereocenters. The summed E-state index contributed by atoms with van der Waals surface area (Å²) in [6, 6.07) is 8.43. The molecule has 2 aliphatic rings. The lowest BCUT2D eigenvalue weighted by atomic mass is 9.77. The quantitative estimate of drug-likeness (QED) is 0.239. The van der Waals surface area contributed by atoms with E-state index < -0.39 is 0 Å². The molecule has 0 bridgehead atoms. The van der Waals surface area contributed by atoms with Crippen LogP contribution < -0.4 is 4.74 Å². The van der Waals surface area contributed by atoms with E-state index in [0.29, 0.717) is 5.92 Å². The van der Waals surface area contributed by atoms with Crippen molar-refractivity contribution < 1.29 is 9.53 Å². The van der Waals surface area contributed by atoms with Crippen molar-refractivity contribution in [1.82, 2.24) is 0 Å². The molecule has 3 rings (SSSR count). The van der Waals surface area contributed by atoms with Crippen LogP contribution in [0.1, 0.15) is 115 Å². The summed E-state index contributed by atoms with van der Waals surface area (Å²) in [6.07, 6.45) is 18.0. The minimum atomic E-state index is -0.0177. The zero-order valence-corrected chi connectivity index (χ0v) is 18.8. The average Bonchev–Trinajstić information content (AvgIpc) is 2.78. The molecule has 2 fully saturated rings. The molecule has 2 aliphatic carbocycles. The molecule has 2 nitrogen and oxygen atoms in total. The van der Waals surface area contributed by atoms with E-state index in [1.165, 1.54) is 82.6 Å². The molecule has 0 aromatic heterocycles. The molecular weight excluding hydrogens is 356 g/mol. The van der Waals surface area contributed by atoms with Gasteiger partial charge in [0.2, 0.25) is 0 Å². The summed E-state index contributed by atoms with van der Waals surface area (Å²) in [7, 11) is 0. The van der Waals surface area contributed by atoms with Gasteiger partial charge in [0.15, 0.2) is 0 Å². The second-order valence-electron chi connectivity index (χ2n) is 9.68. The van der Waals surface area contributed by atoms with Gasteiger partial charge in [-0.25, -0.2) is 0 Å². The van der Waals surface area contributed by atoms with E-state index in [0.717, 1.165) is 30.4 Å². The molecule has 2 heteroatoms. The molecule has 1 aromatic rings. The number of carbonyl (C=O) groups is 1. The number of hydrogen-bond acceptors (Lipinski definition) is 2. The van der Waals surface area contributed by atoms with Crippen molar-refractivity contribution in [2.45, 2.75) is 110 Å². The van der Waals surface area contributed by atoms with Crippen LogP contribution in [0.4, 0.5) is 0 Å². The van der Waals surface area contributed by atoms with Crippen LogP contribution in [0.5, 0.6) is 5.75 Å². The van der Waals surface area contributed by atoms with E-state index in [2.05, 4.69) is 26.0 Å². The minimum Gasteiger partial charge on any atom is -0.426 e. The first-order valence-electron chi connectivity index (χ1n) is 12.5. The van der Waals surface area contributed by atoms with E-state index in [9.17, 15) is 4.79 Å². The summed E-state index contributed by atoms with van der Waals surface area (Å²) in [5.41, 5.74) is 1.43. The Hall–Kier alpha value is -1.31. The Balaban J connectivity index is 1.41. The summed E-state index contributed by atoms with van der Waals surface area (Å²) in [6.45, 7) is 4.54. The van der Waals surface area contributed by atoms with Crippen molar-refractivity contribution in [3.05, 3.63) is 29.8 Å². The van der Waals surface area contributed by atoms with Crippen molar-refractivity contribution in [2.24, 2.45) is 17.8 Å². The predicted molar refractivity (Wildman–Crippen MR) is 121 cm³/mol. The van der Waals surface area contributed by atoms with Gasteiger partial charge < -0.3 is 4.74 Å². The highest BCUT2D eigenvalue weighted by Crippen LogP contribution is 2.38. The number of esters is 1. The van der Waals surface area contributed by atoms with Crippen LogP contribution in [-0.4, -0.2) is 5.97 Å². The Morgan fingerprint density at radius 1 is 0.828 bits per heavy atom. The third kappa shape index (κ3) is 6.86. The van der Waals surface area contributed by atoms with Crippen molar-refractivity contribution in [1.29, 1.82) is 0 Å². The molecule has 2 saturated carbocycles. The van der Waals surface area contributed by atoms with Gasteiger partial charge in [-0.3, -0.25) is 4.79 Å². The number of hydrogen-bond donors (Lipinski definition) is 0. The van der Waals surface area contributed by atoms with Gasteiger partial charge in [0.05, 0.1) is 5.92 Å². The summed E-state index contributed by atoms with van der Waals surface area (Å²) in [5, 5.41) is 0. The molecule has 1 aromatic carbocycles. The Labute approximate surface area is 178 Å². The minimum absolute atomic E-state index is 0.0177. The van der Waals surface area contributed by atoms with Crippen LogP contribution >= 0.6 is 0 Å². The molecule has 29 heavy (non-hydrogen) atoms. The fraction of sp³-hybridized carbons (Fsp3) is 0.741. The SMILES string of the molecule is CCCCCCC1CCC(c2ccc(OC(=O)C3CCC(CC)CC3)cc2)CC1. The molecule has 0 aliphatic heterocycles. The van der Waals surface area contributed by atoms with Gasteiger partial charge in [-0.1, -0.05) is 64.5 Å². The van der Waals surface area contributed by atoms with Crippen molar-refractivity contribution in [3.8, 4) is 5.75 Å². The molecule has 0 heterocycles. The van der Waals surface area contributed by atoms with Crippen LogP contribution in [0.2, 0.25) is 0 Å². The Bertz CT molecular complexity index is 589. The average molecular weight is 399 g/mol. The van der Waals surface area contributed by atoms with Crippen LogP contribution in [0, 0.1) is 17.8 Å². The van der Waals surface area contributed by atoms with Gasteiger partial charge in [0.25, 0.3) is 0 Å². The van der Waals surface area contributed by atoms with Gasteiger partial charge in [0, 0.05) is 0 Å². The maximum Gasteiger partial charge on any atom is 0.314 e. The maximum absolute atomic E-state index is 12.5. The van der Waals surface area contributed by atoms with Gasteiger partial charge in [-0.2, -0.15) is 0 Å². The molecule has 0 unspecified atom stereocenters. The third-order valence-corrected chi connectivity index (χ3v) is 7.64. The van der Waals surface area contributed by atoms with E-state index in [1.807, 2.05) is 12.1 Å². The number of ether oxygens (including phenoxy) is 1. The predicted octanol–water partition coefficient (Wildman–Crippen LogP) is 8.05. The van der Waals surface area contributed by atoms with E-state index >= 15 is 0 Å². The first kappa shape index (κ1) is 22.4. The number of unbranched alkanes of at least 4 members (excludes halogenated alkanes) is 3. The monoisotopic (exact) mass is 398 g/mol. The topological polar surface area (TPSA) is 26.3 Å². The van der Waals surface area contributed by atoms with Gasteiger partial charge in [0.1, 0.15) is 5.75 Å². The molecule has 0 spiro atoms. The smallest absolute Gasteiger partial charge is 0.314 e. The third-order valence-electron chi connectivity index (χ3n) is 7.64. The lowest BCUT2D eigenvalue weighted by Crippen LogP contribution is -2.25. The molecular formula is C27H42O2. The van der Waals surface area contributed by atoms with E-state index in [1.54, 1.807) is 0 Å². The molecule has 0 amide bonds. The Morgan fingerprint density at radius 3 is 2.10 bits per heavy atom. The van der Waals surface area contributed by atoms with E-state index in [4.69, 9.17) is 4.74 Å². The largest absolute Gasteiger partial charge is 0.426 e. The highest BCUT2D eigenvalue weighted by Gasteiger charge is 2.27. The summed E-state index contributed by atoms with van der Waals surface area (Å²) in [4.78, 5) is 12.5. The lowest BCUT2D eigenvalue weighted by molar-refractivity contribution is -0.140. The highest BCUT2D eigenvalue weighted by atomic mass is 16.5. The van der Waals surface area contributed by atoms with Gasteiger partial charge >= 0.3 is 5.97 Å². The van der Waals surface area contributed by atoms with Crippen molar-refractivity contribution >= 4 is 5.97 Å². The summed E-state index contributed by atoms with van der Waals surface area (Å²) in [5.74, 6) is 3.26. The van der Waals surface area contributed by atoms with Crippen LogP contribution in [0.3, 0.4) is 0 Å². The van der Waals surface area contributed by atoms with Crippen molar-refractivity contribution in [2.75, 3.05) is 0 Å². The fourth-order valence-electron chi connectivity index (χ4n) is 5.46. The van der Waals surface area contributed by atoms with Gasteiger partial charge in [-0.05, 0) is 86.8 Å². The lowest BCUT2D eigenvalue weighted by Gasteiger charge is -2.29. The molecule has 0 saturated heterocycles.